The molecule has 5 heteroatoms. The van der Waals surface area contributed by atoms with Gasteiger partial charge in [-0.15, -0.1) is 0 Å². The zero-order valence-electron chi connectivity index (χ0n) is 20.4. The van der Waals surface area contributed by atoms with Crippen LogP contribution in [-0.2, 0) is 11.2 Å². The van der Waals surface area contributed by atoms with Crippen molar-refractivity contribution in [3.63, 3.8) is 0 Å². The molecule has 0 aliphatic rings. The second kappa shape index (κ2) is 9.63. The number of nitrogens with one attached hydrogen (secondary N) is 2. The number of amides is 1. The molecule has 176 valence electrons. The zero-order valence-corrected chi connectivity index (χ0v) is 20.4. The number of hydrogen-bond donors (Lipinski definition) is 2. The highest BCUT2D eigenvalue weighted by atomic mass is 16.1. The number of pyridine rings is 1. The lowest BCUT2D eigenvalue weighted by Gasteiger charge is -2.11. The first-order valence-corrected chi connectivity index (χ1v) is 12.0. The van der Waals surface area contributed by atoms with Gasteiger partial charge in [0.15, 0.2) is 0 Å². The van der Waals surface area contributed by atoms with Crippen molar-refractivity contribution < 1.29 is 4.79 Å². The van der Waals surface area contributed by atoms with Crippen molar-refractivity contribution in [2.45, 2.75) is 27.2 Å². The molecule has 2 heterocycles. The molecular weight excluding hydrogens is 432 g/mol. The molecule has 2 N–H and O–H groups in total. The van der Waals surface area contributed by atoms with E-state index in [9.17, 15) is 4.79 Å². The highest BCUT2D eigenvalue weighted by molar-refractivity contribution is 5.93. The first-order valence-electron chi connectivity index (χ1n) is 12.0. The van der Waals surface area contributed by atoms with Crippen LogP contribution < -0.4 is 10.6 Å². The van der Waals surface area contributed by atoms with Crippen LogP contribution in [-0.4, -0.2) is 28.4 Å². The second-order valence-corrected chi connectivity index (χ2v) is 9.12. The Labute approximate surface area is 205 Å². The number of fused-ring (bicyclic) bond motifs is 2. The van der Waals surface area contributed by atoms with Gasteiger partial charge >= 0.3 is 0 Å². The molecule has 0 radical (unpaired) electrons. The molecule has 0 unspecified atom stereocenters. The SMILES string of the molecule is Cc1ccn2c(CC(=O)NCCNc3cccc4ccccc34)c(-c3ccc(C)c(C)c3)nc2c1. The van der Waals surface area contributed by atoms with Crippen LogP contribution in [0.5, 0.6) is 0 Å². The highest BCUT2D eigenvalue weighted by Crippen LogP contribution is 2.27. The lowest BCUT2D eigenvalue weighted by Crippen LogP contribution is -2.30. The van der Waals surface area contributed by atoms with Crippen molar-refractivity contribution >= 4 is 28.0 Å². The lowest BCUT2D eigenvalue weighted by molar-refractivity contribution is -0.120. The Kier molecular flexibility index (Phi) is 6.23. The van der Waals surface area contributed by atoms with E-state index in [4.69, 9.17) is 4.98 Å². The lowest BCUT2D eigenvalue weighted by atomic mass is 10.0. The van der Waals surface area contributed by atoms with Crippen LogP contribution in [0.2, 0.25) is 0 Å². The molecular formula is C30H30N4O. The Morgan fingerprint density at radius 2 is 1.71 bits per heavy atom. The van der Waals surface area contributed by atoms with Crippen LogP contribution in [0, 0.1) is 20.8 Å². The predicted molar refractivity (Wildman–Crippen MR) is 144 cm³/mol. The summed E-state index contributed by atoms with van der Waals surface area (Å²) in [6.45, 7) is 7.45. The van der Waals surface area contributed by atoms with Crippen molar-refractivity contribution in [3.8, 4) is 11.3 Å². The molecule has 5 nitrogen and oxygen atoms in total. The van der Waals surface area contributed by atoms with Gasteiger partial charge in [-0.05, 0) is 67.1 Å². The van der Waals surface area contributed by atoms with E-state index < -0.39 is 0 Å². The first-order chi connectivity index (χ1) is 17.0. The Balaban J connectivity index is 1.31. The fourth-order valence-corrected chi connectivity index (χ4v) is 4.48. The van der Waals surface area contributed by atoms with Crippen LogP contribution in [0.3, 0.4) is 0 Å². The zero-order chi connectivity index (χ0) is 24.4. The van der Waals surface area contributed by atoms with E-state index in [1.54, 1.807) is 0 Å². The number of carbonyl (C=O) groups is 1. The van der Waals surface area contributed by atoms with Crippen molar-refractivity contribution in [1.82, 2.24) is 14.7 Å². The van der Waals surface area contributed by atoms with Gasteiger partial charge in [0.1, 0.15) is 5.65 Å². The van der Waals surface area contributed by atoms with Gasteiger partial charge in [0.2, 0.25) is 5.91 Å². The molecule has 0 fully saturated rings. The normalized spacial score (nSPS) is 11.2. The van der Waals surface area contributed by atoms with Gasteiger partial charge in [0.25, 0.3) is 0 Å². The predicted octanol–water partition coefficient (Wildman–Crippen LogP) is 5.85. The van der Waals surface area contributed by atoms with Crippen molar-refractivity contribution in [3.05, 3.63) is 101 Å². The summed E-state index contributed by atoms with van der Waals surface area (Å²) in [5, 5.41) is 8.90. The molecule has 0 bridgehead atoms. The van der Waals surface area contributed by atoms with Crippen LogP contribution >= 0.6 is 0 Å². The molecule has 35 heavy (non-hydrogen) atoms. The third-order valence-electron chi connectivity index (χ3n) is 6.54. The van der Waals surface area contributed by atoms with E-state index in [0.29, 0.717) is 13.1 Å². The molecule has 5 aromatic rings. The van der Waals surface area contributed by atoms with Gasteiger partial charge in [-0.3, -0.25) is 4.79 Å². The summed E-state index contributed by atoms with van der Waals surface area (Å²) in [7, 11) is 0. The van der Waals surface area contributed by atoms with E-state index >= 15 is 0 Å². The molecule has 0 aliphatic carbocycles. The van der Waals surface area contributed by atoms with Crippen LogP contribution in [0.1, 0.15) is 22.4 Å². The maximum Gasteiger partial charge on any atom is 0.226 e. The third kappa shape index (κ3) is 4.76. The van der Waals surface area contributed by atoms with E-state index in [1.807, 2.05) is 34.9 Å². The van der Waals surface area contributed by atoms with Crippen molar-refractivity contribution in [1.29, 1.82) is 0 Å². The number of aryl methyl sites for hydroxylation is 3. The Morgan fingerprint density at radius 3 is 2.57 bits per heavy atom. The minimum absolute atomic E-state index is 0.0165. The molecule has 0 atom stereocenters. The van der Waals surface area contributed by atoms with Crippen molar-refractivity contribution in [2.75, 3.05) is 18.4 Å². The minimum Gasteiger partial charge on any atom is -0.383 e. The standard InChI is InChI=1S/C30H30N4O/c1-20-13-16-34-27(30(33-28(34)17-20)24-12-11-21(2)22(3)18-24)19-29(35)32-15-14-31-26-10-6-8-23-7-4-5-9-25(23)26/h4-13,16-18,31H,14-15,19H2,1-3H3,(H,32,35). The Morgan fingerprint density at radius 1 is 0.886 bits per heavy atom. The average Bonchev–Trinajstić information content (AvgIpc) is 3.20. The number of carbonyl (C=O) groups excluding carboxylic acids is 1. The van der Waals surface area contributed by atoms with E-state index in [0.717, 1.165) is 33.8 Å². The summed E-state index contributed by atoms with van der Waals surface area (Å²) >= 11 is 0. The summed E-state index contributed by atoms with van der Waals surface area (Å²) in [6, 6.07) is 25.0. The Bertz CT molecular complexity index is 1530. The maximum absolute atomic E-state index is 13.0. The van der Waals surface area contributed by atoms with E-state index in [-0.39, 0.29) is 12.3 Å². The number of aromatic nitrogens is 2. The largest absolute Gasteiger partial charge is 0.383 e. The number of rotatable bonds is 7. The molecule has 0 saturated heterocycles. The number of hydrogen-bond acceptors (Lipinski definition) is 3. The summed E-state index contributed by atoms with van der Waals surface area (Å²) in [5.74, 6) is -0.0165. The molecule has 0 spiro atoms. The monoisotopic (exact) mass is 462 g/mol. The minimum atomic E-state index is -0.0165. The quantitative estimate of drug-likeness (QED) is 0.298. The van der Waals surface area contributed by atoms with E-state index in [2.05, 4.69) is 79.9 Å². The van der Waals surface area contributed by atoms with Crippen LogP contribution in [0.25, 0.3) is 27.7 Å². The number of nitrogens with zero attached hydrogens (tertiary/aromatic N) is 2. The fourth-order valence-electron chi connectivity index (χ4n) is 4.48. The fraction of sp³-hybridized carbons (Fsp3) is 0.200. The van der Waals surface area contributed by atoms with Gasteiger partial charge in [-0.25, -0.2) is 4.98 Å². The first kappa shape index (κ1) is 22.7. The summed E-state index contributed by atoms with van der Waals surface area (Å²) < 4.78 is 2.03. The smallest absolute Gasteiger partial charge is 0.226 e. The number of benzene rings is 3. The number of imidazole rings is 1. The molecule has 3 aromatic carbocycles. The van der Waals surface area contributed by atoms with Gasteiger partial charge in [-0.2, -0.15) is 0 Å². The van der Waals surface area contributed by atoms with Crippen LogP contribution in [0.4, 0.5) is 5.69 Å². The van der Waals surface area contributed by atoms with Gasteiger partial charge in [0, 0.05) is 35.9 Å². The van der Waals surface area contributed by atoms with Gasteiger partial charge in [-0.1, -0.05) is 48.5 Å². The number of anilines is 1. The average molecular weight is 463 g/mol. The molecule has 5 rings (SSSR count). The topological polar surface area (TPSA) is 58.4 Å². The molecule has 1 amide bonds. The third-order valence-corrected chi connectivity index (χ3v) is 6.54. The maximum atomic E-state index is 13.0. The van der Waals surface area contributed by atoms with Crippen molar-refractivity contribution in [2.24, 2.45) is 0 Å². The second-order valence-electron chi connectivity index (χ2n) is 9.12. The summed E-state index contributed by atoms with van der Waals surface area (Å²) in [5.41, 5.74) is 8.34. The summed E-state index contributed by atoms with van der Waals surface area (Å²) in [4.78, 5) is 17.9. The highest BCUT2D eigenvalue weighted by Gasteiger charge is 2.17. The van der Waals surface area contributed by atoms with E-state index in [1.165, 1.54) is 21.9 Å². The molecule has 0 aliphatic heterocycles. The summed E-state index contributed by atoms with van der Waals surface area (Å²) in [6.07, 6.45) is 2.27. The van der Waals surface area contributed by atoms with Gasteiger partial charge < -0.3 is 15.0 Å². The molecule has 0 saturated carbocycles. The Hall–Kier alpha value is -4.12. The van der Waals surface area contributed by atoms with Crippen LogP contribution in [0.15, 0.2) is 79.0 Å². The molecule has 2 aromatic heterocycles. The van der Waals surface area contributed by atoms with Gasteiger partial charge in [0.05, 0.1) is 17.8 Å².